The van der Waals surface area contributed by atoms with Crippen molar-refractivity contribution in [3.63, 3.8) is 0 Å². The van der Waals surface area contributed by atoms with Crippen LogP contribution >= 0.6 is 12.2 Å². The van der Waals surface area contributed by atoms with Crippen LogP contribution in [0.3, 0.4) is 0 Å². The molecule has 1 aromatic heterocycles. The zero-order valence-electron chi connectivity index (χ0n) is 8.37. The normalized spacial score (nSPS) is 29.5. The van der Waals surface area contributed by atoms with E-state index in [0.717, 1.165) is 0 Å². The molecule has 0 bridgehead atoms. The molecule has 0 unspecified atom stereocenters. The third-order valence-corrected chi connectivity index (χ3v) is 2.86. The van der Waals surface area contributed by atoms with Gasteiger partial charge in [-0.15, -0.1) is 0 Å². The lowest BCUT2D eigenvalue weighted by atomic mass is 10.2. The molecule has 6 nitrogen and oxygen atoms in total. The molecule has 1 saturated heterocycles. The Morgan fingerprint density at radius 3 is 3.00 bits per heavy atom. The molecule has 0 spiro atoms. The largest absolute Gasteiger partial charge is 0.394 e. The summed E-state index contributed by atoms with van der Waals surface area (Å²) in [6.07, 6.45) is 0.0864. The fourth-order valence-corrected chi connectivity index (χ4v) is 1.98. The van der Waals surface area contributed by atoms with Crippen LogP contribution in [0.4, 0.5) is 0 Å². The molecular weight excluding hydrogens is 232 g/mol. The standard InChI is InChI=1S/C9H12N2O4S/c12-4-6-5(13)3-8(15-6)11-2-1-7(14)10-9(11)16/h1-2,5-6,8,12-13H,3-4H2,(H,10,14,16)/t5-,6+,8+/m0/s1. The molecule has 3 atom stereocenters. The summed E-state index contributed by atoms with van der Waals surface area (Å²) in [5, 5.41) is 18.5. The molecule has 2 heterocycles. The Bertz CT molecular complexity index is 483. The first-order chi connectivity index (χ1) is 7.61. The van der Waals surface area contributed by atoms with Gasteiger partial charge in [-0.1, -0.05) is 0 Å². The highest BCUT2D eigenvalue weighted by Gasteiger charge is 2.34. The number of nitrogens with zero attached hydrogens (tertiary/aromatic N) is 1. The molecule has 88 valence electrons. The van der Waals surface area contributed by atoms with E-state index in [1.807, 2.05) is 0 Å². The van der Waals surface area contributed by atoms with Gasteiger partial charge in [0.2, 0.25) is 0 Å². The summed E-state index contributed by atoms with van der Waals surface area (Å²) in [6, 6.07) is 1.33. The van der Waals surface area contributed by atoms with E-state index in [9.17, 15) is 9.90 Å². The van der Waals surface area contributed by atoms with Crippen LogP contribution in [-0.2, 0) is 4.74 Å². The lowest BCUT2D eigenvalue weighted by Gasteiger charge is -2.14. The van der Waals surface area contributed by atoms with Crippen LogP contribution in [0, 0.1) is 4.77 Å². The molecule has 0 amide bonds. The molecule has 1 fully saturated rings. The minimum absolute atomic E-state index is 0.239. The van der Waals surface area contributed by atoms with Crippen molar-refractivity contribution < 1.29 is 14.9 Å². The number of H-pyrrole nitrogens is 1. The van der Waals surface area contributed by atoms with E-state index in [-0.39, 0.29) is 16.9 Å². The molecule has 2 rings (SSSR count). The number of aliphatic hydroxyl groups is 2. The first-order valence-electron chi connectivity index (χ1n) is 4.87. The molecule has 7 heteroatoms. The van der Waals surface area contributed by atoms with E-state index in [1.54, 1.807) is 4.57 Å². The number of hydrogen-bond acceptors (Lipinski definition) is 5. The summed E-state index contributed by atoms with van der Waals surface area (Å²) < 4.78 is 7.19. The van der Waals surface area contributed by atoms with Gasteiger partial charge >= 0.3 is 0 Å². The first kappa shape index (κ1) is 11.5. The van der Waals surface area contributed by atoms with Crippen LogP contribution in [0.25, 0.3) is 0 Å². The topological polar surface area (TPSA) is 87.5 Å². The van der Waals surface area contributed by atoms with Gasteiger partial charge in [-0.25, -0.2) is 0 Å². The Morgan fingerprint density at radius 2 is 2.44 bits per heavy atom. The quantitative estimate of drug-likeness (QED) is 0.613. The number of ether oxygens (including phenoxy) is 1. The summed E-state index contributed by atoms with van der Waals surface area (Å²) in [5.74, 6) is 0. The lowest BCUT2D eigenvalue weighted by molar-refractivity contribution is -0.0453. The van der Waals surface area contributed by atoms with Crippen LogP contribution in [0.15, 0.2) is 17.1 Å². The molecule has 0 aliphatic carbocycles. The molecule has 1 aliphatic heterocycles. The van der Waals surface area contributed by atoms with Crippen LogP contribution in [0.5, 0.6) is 0 Å². The number of aromatic amines is 1. The molecule has 0 saturated carbocycles. The second-order valence-electron chi connectivity index (χ2n) is 3.63. The SMILES string of the molecule is O=c1ccn([C@H]2C[C@H](O)[C@@H](CO)O2)c(=S)[nH]1. The highest BCUT2D eigenvalue weighted by molar-refractivity contribution is 7.71. The van der Waals surface area contributed by atoms with Crippen LogP contribution in [-0.4, -0.2) is 38.6 Å². The van der Waals surface area contributed by atoms with Gasteiger partial charge < -0.3 is 14.9 Å². The van der Waals surface area contributed by atoms with Crippen molar-refractivity contribution in [3.05, 3.63) is 27.4 Å². The Hall–Kier alpha value is -1.02. The van der Waals surface area contributed by atoms with E-state index in [4.69, 9.17) is 22.1 Å². The third-order valence-electron chi connectivity index (χ3n) is 2.55. The smallest absolute Gasteiger partial charge is 0.251 e. The predicted molar refractivity (Wildman–Crippen MR) is 57.5 cm³/mol. The average Bonchev–Trinajstić information content (AvgIpc) is 2.59. The summed E-state index contributed by atoms with van der Waals surface area (Å²) in [7, 11) is 0. The number of aromatic nitrogens is 2. The van der Waals surface area contributed by atoms with Gasteiger partial charge in [0.1, 0.15) is 12.3 Å². The van der Waals surface area contributed by atoms with E-state index in [1.165, 1.54) is 12.3 Å². The van der Waals surface area contributed by atoms with Crippen LogP contribution in [0.1, 0.15) is 12.6 Å². The minimum atomic E-state index is -0.719. The fourth-order valence-electron chi connectivity index (χ4n) is 1.70. The minimum Gasteiger partial charge on any atom is -0.394 e. The molecule has 1 aromatic rings. The van der Waals surface area contributed by atoms with E-state index >= 15 is 0 Å². The first-order valence-corrected chi connectivity index (χ1v) is 5.28. The van der Waals surface area contributed by atoms with E-state index in [0.29, 0.717) is 6.42 Å². The lowest BCUT2D eigenvalue weighted by Crippen LogP contribution is -2.24. The van der Waals surface area contributed by atoms with Crippen molar-refractivity contribution in [2.75, 3.05) is 6.61 Å². The third kappa shape index (κ3) is 2.07. The maximum atomic E-state index is 11.0. The van der Waals surface area contributed by atoms with Crippen molar-refractivity contribution in [2.24, 2.45) is 0 Å². The van der Waals surface area contributed by atoms with Crippen molar-refractivity contribution in [3.8, 4) is 0 Å². The molecular formula is C9H12N2O4S. The molecule has 16 heavy (non-hydrogen) atoms. The average molecular weight is 244 g/mol. The van der Waals surface area contributed by atoms with Gasteiger partial charge in [0.05, 0.1) is 12.7 Å². The molecule has 0 aromatic carbocycles. The van der Waals surface area contributed by atoms with Gasteiger partial charge in [-0.2, -0.15) is 0 Å². The van der Waals surface area contributed by atoms with Gasteiger partial charge in [-0.05, 0) is 12.2 Å². The number of nitrogens with one attached hydrogen (secondary N) is 1. The summed E-state index contributed by atoms with van der Waals surface area (Å²) >= 11 is 4.97. The van der Waals surface area contributed by atoms with E-state index in [2.05, 4.69) is 4.98 Å². The number of rotatable bonds is 2. The van der Waals surface area contributed by atoms with Gasteiger partial charge in [0.15, 0.2) is 4.77 Å². The zero-order valence-corrected chi connectivity index (χ0v) is 9.18. The highest BCUT2D eigenvalue weighted by Crippen LogP contribution is 2.28. The second-order valence-corrected chi connectivity index (χ2v) is 4.02. The molecule has 0 radical (unpaired) electrons. The Morgan fingerprint density at radius 1 is 1.69 bits per heavy atom. The van der Waals surface area contributed by atoms with Gasteiger partial charge in [0, 0.05) is 18.7 Å². The van der Waals surface area contributed by atoms with Crippen molar-refractivity contribution in [2.45, 2.75) is 24.9 Å². The van der Waals surface area contributed by atoms with Crippen molar-refractivity contribution in [1.82, 2.24) is 9.55 Å². The zero-order chi connectivity index (χ0) is 11.7. The second kappa shape index (κ2) is 4.46. The Labute approximate surface area is 96.1 Å². The summed E-state index contributed by atoms with van der Waals surface area (Å²) in [5.41, 5.74) is -0.279. The maximum Gasteiger partial charge on any atom is 0.251 e. The fraction of sp³-hybridized carbons (Fsp3) is 0.556. The number of aliphatic hydroxyl groups excluding tert-OH is 2. The Kier molecular flexibility index (Phi) is 3.20. The van der Waals surface area contributed by atoms with Crippen molar-refractivity contribution >= 4 is 12.2 Å². The van der Waals surface area contributed by atoms with Crippen LogP contribution in [0.2, 0.25) is 0 Å². The van der Waals surface area contributed by atoms with Gasteiger partial charge in [-0.3, -0.25) is 14.3 Å². The number of hydrogen-bond donors (Lipinski definition) is 3. The Balaban J connectivity index is 2.27. The van der Waals surface area contributed by atoms with Crippen LogP contribution < -0.4 is 5.56 Å². The predicted octanol–water partition coefficient (Wildman–Crippen LogP) is -0.453. The summed E-state index contributed by atoms with van der Waals surface area (Å²) in [4.78, 5) is 13.4. The van der Waals surface area contributed by atoms with E-state index < -0.39 is 18.4 Å². The molecule has 1 aliphatic rings. The van der Waals surface area contributed by atoms with Gasteiger partial charge in [0.25, 0.3) is 5.56 Å². The summed E-state index contributed by atoms with van der Waals surface area (Å²) in [6.45, 7) is -0.242. The molecule has 3 N–H and O–H groups in total. The van der Waals surface area contributed by atoms with Crippen molar-refractivity contribution in [1.29, 1.82) is 0 Å². The maximum absolute atomic E-state index is 11.0. The monoisotopic (exact) mass is 244 g/mol. The highest BCUT2D eigenvalue weighted by atomic mass is 32.1.